The van der Waals surface area contributed by atoms with Crippen LogP contribution in [0.1, 0.15) is 30.9 Å². The molecule has 1 aromatic rings. The molecule has 0 bridgehead atoms. The van der Waals surface area contributed by atoms with Gasteiger partial charge in [-0.15, -0.1) is 0 Å². The molecule has 14 heavy (non-hydrogen) atoms. The van der Waals surface area contributed by atoms with Gasteiger partial charge in [-0.05, 0) is 17.5 Å². The van der Waals surface area contributed by atoms with Gasteiger partial charge in [-0.3, -0.25) is 0 Å². The van der Waals surface area contributed by atoms with Gasteiger partial charge in [0.1, 0.15) is 5.15 Å². The van der Waals surface area contributed by atoms with Crippen molar-refractivity contribution in [1.82, 2.24) is 4.98 Å². The topological polar surface area (TPSA) is 12.9 Å². The largest absolute Gasteiger partial charge is 0.419 e. The zero-order chi connectivity index (χ0) is 10.9. The van der Waals surface area contributed by atoms with Crippen molar-refractivity contribution in [2.45, 2.75) is 25.9 Å². The van der Waals surface area contributed by atoms with Gasteiger partial charge in [0.25, 0.3) is 0 Å². The average molecular weight is 224 g/mol. The summed E-state index contributed by atoms with van der Waals surface area (Å²) >= 11 is 5.35. The highest BCUT2D eigenvalue weighted by Crippen LogP contribution is 2.34. The van der Waals surface area contributed by atoms with E-state index < -0.39 is 16.9 Å². The molecule has 0 spiro atoms. The first-order valence-electron chi connectivity index (χ1n) is 4.05. The standard InChI is InChI=1S/C9H9ClF3N/c1-5(2)6-3-7(9(11,12)13)8(10)14-4-6/h3-5H,1-2H3. The summed E-state index contributed by atoms with van der Waals surface area (Å²) in [6.45, 7) is 3.59. The summed E-state index contributed by atoms with van der Waals surface area (Å²) in [7, 11) is 0. The van der Waals surface area contributed by atoms with Gasteiger partial charge in [-0.1, -0.05) is 25.4 Å². The number of alkyl halides is 3. The van der Waals surface area contributed by atoms with E-state index in [1.54, 1.807) is 13.8 Å². The van der Waals surface area contributed by atoms with Crippen molar-refractivity contribution in [2.24, 2.45) is 0 Å². The zero-order valence-electron chi connectivity index (χ0n) is 7.69. The molecule has 0 aromatic carbocycles. The Morgan fingerprint density at radius 2 is 1.93 bits per heavy atom. The molecule has 0 fully saturated rings. The molecule has 0 aliphatic heterocycles. The number of aromatic nitrogens is 1. The molecule has 78 valence electrons. The fraction of sp³-hybridized carbons (Fsp3) is 0.444. The molecular weight excluding hydrogens is 215 g/mol. The maximum absolute atomic E-state index is 12.4. The molecule has 0 aliphatic carbocycles. The summed E-state index contributed by atoms with van der Waals surface area (Å²) in [4.78, 5) is 3.51. The molecular formula is C9H9ClF3N. The molecule has 1 aromatic heterocycles. The molecule has 0 radical (unpaired) electrons. The van der Waals surface area contributed by atoms with Gasteiger partial charge in [0.15, 0.2) is 0 Å². The maximum atomic E-state index is 12.4. The number of nitrogens with zero attached hydrogens (tertiary/aromatic N) is 1. The number of hydrogen-bond acceptors (Lipinski definition) is 1. The van der Waals surface area contributed by atoms with Crippen molar-refractivity contribution in [3.63, 3.8) is 0 Å². The number of halogens is 4. The monoisotopic (exact) mass is 223 g/mol. The van der Waals surface area contributed by atoms with Crippen LogP contribution in [-0.2, 0) is 6.18 Å². The molecule has 0 amide bonds. The van der Waals surface area contributed by atoms with Crippen LogP contribution >= 0.6 is 11.6 Å². The molecule has 5 heteroatoms. The Kier molecular flexibility index (Phi) is 3.04. The van der Waals surface area contributed by atoms with Gasteiger partial charge in [0.2, 0.25) is 0 Å². The van der Waals surface area contributed by atoms with Crippen molar-refractivity contribution in [3.05, 3.63) is 28.5 Å². The van der Waals surface area contributed by atoms with Crippen LogP contribution < -0.4 is 0 Å². The SMILES string of the molecule is CC(C)c1cnc(Cl)c(C(F)(F)F)c1. The third-order valence-corrected chi connectivity index (χ3v) is 2.13. The molecule has 0 saturated heterocycles. The highest BCUT2D eigenvalue weighted by atomic mass is 35.5. The predicted octanol–water partition coefficient (Wildman–Crippen LogP) is 3.88. The lowest BCUT2D eigenvalue weighted by Gasteiger charge is -2.11. The Morgan fingerprint density at radius 3 is 2.36 bits per heavy atom. The summed E-state index contributed by atoms with van der Waals surface area (Å²) in [5.74, 6) is 0.000802. The lowest BCUT2D eigenvalue weighted by molar-refractivity contribution is -0.137. The van der Waals surface area contributed by atoms with Crippen molar-refractivity contribution in [3.8, 4) is 0 Å². The lowest BCUT2D eigenvalue weighted by Crippen LogP contribution is -2.08. The average Bonchev–Trinajstić information content (AvgIpc) is 2.02. The van der Waals surface area contributed by atoms with Crippen LogP contribution in [-0.4, -0.2) is 4.98 Å². The molecule has 1 nitrogen and oxygen atoms in total. The van der Waals surface area contributed by atoms with Crippen LogP contribution in [0.4, 0.5) is 13.2 Å². The first kappa shape index (κ1) is 11.3. The maximum Gasteiger partial charge on any atom is 0.419 e. The van der Waals surface area contributed by atoms with E-state index in [1.165, 1.54) is 6.20 Å². The lowest BCUT2D eigenvalue weighted by atomic mass is 10.0. The summed E-state index contributed by atoms with van der Waals surface area (Å²) < 4.78 is 37.1. The third kappa shape index (κ3) is 2.38. The van der Waals surface area contributed by atoms with Crippen LogP contribution in [0.15, 0.2) is 12.3 Å². The quantitative estimate of drug-likeness (QED) is 0.659. The number of hydrogen-bond donors (Lipinski definition) is 0. The van der Waals surface area contributed by atoms with Gasteiger partial charge in [0.05, 0.1) is 5.56 Å². The Hall–Kier alpha value is -0.770. The number of rotatable bonds is 1. The van der Waals surface area contributed by atoms with E-state index in [-0.39, 0.29) is 5.92 Å². The van der Waals surface area contributed by atoms with Crippen LogP contribution in [0.5, 0.6) is 0 Å². The summed E-state index contributed by atoms with van der Waals surface area (Å²) in [6.07, 6.45) is -3.07. The minimum Gasteiger partial charge on any atom is -0.244 e. The van der Waals surface area contributed by atoms with E-state index in [4.69, 9.17) is 11.6 Å². The van der Waals surface area contributed by atoms with Crippen molar-refractivity contribution < 1.29 is 13.2 Å². The molecule has 0 saturated carbocycles. The van der Waals surface area contributed by atoms with Crippen LogP contribution in [0, 0.1) is 0 Å². The van der Waals surface area contributed by atoms with Crippen molar-refractivity contribution in [2.75, 3.05) is 0 Å². The smallest absolute Gasteiger partial charge is 0.244 e. The fourth-order valence-corrected chi connectivity index (χ4v) is 1.19. The molecule has 1 heterocycles. The minimum absolute atomic E-state index is 0.000802. The Bertz CT molecular complexity index is 333. The molecule has 0 N–H and O–H groups in total. The predicted molar refractivity (Wildman–Crippen MR) is 48.3 cm³/mol. The van der Waals surface area contributed by atoms with Crippen LogP contribution in [0.25, 0.3) is 0 Å². The second-order valence-electron chi connectivity index (χ2n) is 3.26. The normalized spacial score (nSPS) is 12.2. The molecule has 1 rings (SSSR count). The van der Waals surface area contributed by atoms with E-state index >= 15 is 0 Å². The van der Waals surface area contributed by atoms with Gasteiger partial charge in [-0.25, -0.2) is 4.98 Å². The first-order valence-corrected chi connectivity index (χ1v) is 4.43. The van der Waals surface area contributed by atoms with E-state index in [2.05, 4.69) is 4.98 Å². The van der Waals surface area contributed by atoms with E-state index in [0.29, 0.717) is 5.56 Å². The van der Waals surface area contributed by atoms with Gasteiger partial charge >= 0.3 is 6.18 Å². The highest BCUT2D eigenvalue weighted by molar-refractivity contribution is 6.30. The second-order valence-corrected chi connectivity index (χ2v) is 3.62. The summed E-state index contributed by atoms with van der Waals surface area (Å²) in [5.41, 5.74) is -0.341. The first-order chi connectivity index (χ1) is 6.32. The molecule has 0 unspecified atom stereocenters. The third-order valence-electron chi connectivity index (χ3n) is 1.83. The number of pyridine rings is 1. The Balaban J connectivity index is 3.22. The molecule has 0 atom stereocenters. The zero-order valence-corrected chi connectivity index (χ0v) is 8.45. The second kappa shape index (κ2) is 3.77. The summed E-state index contributed by atoms with van der Waals surface area (Å²) in [5, 5.41) is -0.498. The van der Waals surface area contributed by atoms with E-state index in [0.717, 1.165) is 6.07 Å². The van der Waals surface area contributed by atoms with Gasteiger partial charge in [0, 0.05) is 6.20 Å². The summed E-state index contributed by atoms with van der Waals surface area (Å²) in [6, 6.07) is 1.04. The van der Waals surface area contributed by atoms with E-state index in [9.17, 15) is 13.2 Å². The molecule has 0 aliphatic rings. The van der Waals surface area contributed by atoms with Gasteiger partial charge in [-0.2, -0.15) is 13.2 Å². The van der Waals surface area contributed by atoms with E-state index in [1.807, 2.05) is 0 Å². The van der Waals surface area contributed by atoms with Crippen LogP contribution in [0.2, 0.25) is 5.15 Å². The Labute approximate surface area is 84.9 Å². The Morgan fingerprint density at radius 1 is 1.36 bits per heavy atom. The van der Waals surface area contributed by atoms with Crippen LogP contribution in [0.3, 0.4) is 0 Å². The van der Waals surface area contributed by atoms with Crippen molar-refractivity contribution >= 4 is 11.6 Å². The van der Waals surface area contributed by atoms with Crippen molar-refractivity contribution in [1.29, 1.82) is 0 Å². The highest BCUT2D eigenvalue weighted by Gasteiger charge is 2.34. The fourth-order valence-electron chi connectivity index (χ4n) is 0.979. The minimum atomic E-state index is -4.44. The van der Waals surface area contributed by atoms with Gasteiger partial charge < -0.3 is 0 Å².